The highest BCUT2D eigenvalue weighted by atomic mass is 16.6. The van der Waals surface area contributed by atoms with Crippen molar-refractivity contribution in [2.45, 2.75) is 18.8 Å². The van der Waals surface area contributed by atoms with Crippen LogP contribution in [-0.4, -0.2) is 4.92 Å². The predicted octanol–water partition coefficient (Wildman–Crippen LogP) is 2.61. The lowest BCUT2D eigenvalue weighted by Gasteiger charge is -2.31. The quantitative estimate of drug-likeness (QED) is 0.546. The summed E-state index contributed by atoms with van der Waals surface area (Å²) in [4.78, 5) is 10.2. The summed E-state index contributed by atoms with van der Waals surface area (Å²) in [5.74, 6) is 0.224. The van der Waals surface area contributed by atoms with E-state index in [0.717, 1.165) is 18.4 Å². The maximum atomic E-state index is 10.6. The van der Waals surface area contributed by atoms with E-state index in [0.29, 0.717) is 0 Å². The molecular weight excluding hydrogens is 192 g/mol. The SMILES string of the molecule is N#C[C@@H]1CC[C@@H]1c1cccc([N+](=O)[O-])c1. The Morgan fingerprint density at radius 1 is 1.47 bits per heavy atom. The molecule has 1 aliphatic carbocycles. The van der Waals surface area contributed by atoms with Crippen LogP contribution < -0.4 is 0 Å². The van der Waals surface area contributed by atoms with Gasteiger partial charge in [0.2, 0.25) is 0 Å². The van der Waals surface area contributed by atoms with E-state index in [9.17, 15) is 10.1 Å². The van der Waals surface area contributed by atoms with Gasteiger partial charge in [-0.25, -0.2) is 0 Å². The Bertz CT molecular complexity index is 436. The zero-order chi connectivity index (χ0) is 10.8. The number of non-ortho nitro benzene ring substituents is 1. The lowest BCUT2D eigenvalue weighted by molar-refractivity contribution is -0.384. The van der Waals surface area contributed by atoms with Crippen LogP contribution in [0.4, 0.5) is 5.69 Å². The molecule has 0 aliphatic heterocycles. The molecule has 1 saturated carbocycles. The van der Waals surface area contributed by atoms with Crippen LogP contribution in [0.2, 0.25) is 0 Å². The highest BCUT2D eigenvalue weighted by Gasteiger charge is 2.32. The monoisotopic (exact) mass is 202 g/mol. The van der Waals surface area contributed by atoms with Crippen LogP contribution in [0, 0.1) is 27.4 Å². The molecule has 2 rings (SSSR count). The lowest BCUT2D eigenvalue weighted by atomic mass is 9.71. The van der Waals surface area contributed by atoms with Crippen molar-refractivity contribution < 1.29 is 4.92 Å². The van der Waals surface area contributed by atoms with Gasteiger partial charge >= 0.3 is 0 Å². The summed E-state index contributed by atoms with van der Waals surface area (Å²) >= 11 is 0. The van der Waals surface area contributed by atoms with E-state index in [1.165, 1.54) is 6.07 Å². The number of hydrogen-bond acceptors (Lipinski definition) is 3. The maximum Gasteiger partial charge on any atom is 0.269 e. The Balaban J connectivity index is 2.26. The van der Waals surface area contributed by atoms with Crippen LogP contribution in [0.15, 0.2) is 24.3 Å². The van der Waals surface area contributed by atoms with E-state index in [1.54, 1.807) is 12.1 Å². The van der Waals surface area contributed by atoms with Gasteiger partial charge in [-0.1, -0.05) is 12.1 Å². The summed E-state index contributed by atoms with van der Waals surface area (Å²) in [7, 11) is 0. The molecular formula is C11H10N2O2. The molecule has 1 aromatic carbocycles. The molecule has 0 N–H and O–H groups in total. The predicted molar refractivity (Wildman–Crippen MR) is 54.2 cm³/mol. The number of nitro groups is 1. The number of nitrogens with zero attached hydrogens (tertiary/aromatic N) is 2. The molecule has 0 radical (unpaired) electrons. The zero-order valence-corrected chi connectivity index (χ0v) is 8.09. The van der Waals surface area contributed by atoms with Crippen molar-refractivity contribution in [3.8, 4) is 6.07 Å². The Morgan fingerprint density at radius 3 is 2.80 bits per heavy atom. The molecule has 0 saturated heterocycles. The fraction of sp³-hybridized carbons (Fsp3) is 0.364. The van der Waals surface area contributed by atoms with Crippen molar-refractivity contribution in [1.82, 2.24) is 0 Å². The van der Waals surface area contributed by atoms with E-state index in [-0.39, 0.29) is 17.5 Å². The molecule has 0 heterocycles. The minimum absolute atomic E-state index is 0.0343. The fourth-order valence-electron chi connectivity index (χ4n) is 1.92. The Hall–Kier alpha value is -1.89. The van der Waals surface area contributed by atoms with Crippen molar-refractivity contribution in [3.05, 3.63) is 39.9 Å². The van der Waals surface area contributed by atoms with Gasteiger partial charge in [0.1, 0.15) is 0 Å². The van der Waals surface area contributed by atoms with E-state index in [2.05, 4.69) is 6.07 Å². The summed E-state index contributed by atoms with van der Waals surface area (Å²) in [6, 6.07) is 8.83. The van der Waals surface area contributed by atoms with Crippen LogP contribution in [0.1, 0.15) is 24.3 Å². The molecule has 15 heavy (non-hydrogen) atoms. The van der Waals surface area contributed by atoms with Crippen LogP contribution >= 0.6 is 0 Å². The topological polar surface area (TPSA) is 66.9 Å². The molecule has 1 aromatic rings. The van der Waals surface area contributed by atoms with E-state index >= 15 is 0 Å². The number of hydrogen-bond donors (Lipinski definition) is 0. The maximum absolute atomic E-state index is 10.6. The molecule has 0 unspecified atom stereocenters. The number of nitro benzene ring substituents is 1. The number of benzene rings is 1. The first kappa shape index (κ1) is 9.66. The van der Waals surface area contributed by atoms with Gasteiger partial charge in [-0.15, -0.1) is 0 Å². The normalized spacial score (nSPS) is 23.9. The zero-order valence-electron chi connectivity index (χ0n) is 8.09. The van der Waals surface area contributed by atoms with Crippen LogP contribution in [0.5, 0.6) is 0 Å². The largest absolute Gasteiger partial charge is 0.269 e. The smallest absolute Gasteiger partial charge is 0.258 e. The van der Waals surface area contributed by atoms with Gasteiger partial charge in [0.25, 0.3) is 5.69 Å². The fourth-order valence-corrected chi connectivity index (χ4v) is 1.92. The Morgan fingerprint density at radius 2 is 2.27 bits per heavy atom. The van der Waals surface area contributed by atoms with E-state index < -0.39 is 4.92 Å². The molecule has 76 valence electrons. The van der Waals surface area contributed by atoms with Crippen molar-refractivity contribution in [2.75, 3.05) is 0 Å². The Labute approximate surface area is 87.3 Å². The molecule has 0 amide bonds. The molecule has 2 atom stereocenters. The third-order valence-electron chi connectivity index (χ3n) is 2.95. The van der Waals surface area contributed by atoms with Gasteiger partial charge in [0.05, 0.1) is 16.9 Å². The lowest BCUT2D eigenvalue weighted by Crippen LogP contribution is -2.22. The van der Waals surface area contributed by atoms with Gasteiger partial charge in [-0.05, 0) is 24.3 Å². The summed E-state index contributed by atoms with van der Waals surface area (Å²) in [6.45, 7) is 0. The molecule has 1 aliphatic rings. The minimum atomic E-state index is -0.399. The number of rotatable bonds is 2. The van der Waals surface area contributed by atoms with E-state index in [4.69, 9.17) is 5.26 Å². The van der Waals surface area contributed by atoms with Crippen molar-refractivity contribution >= 4 is 5.69 Å². The molecule has 0 spiro atoms. The third kappa shape index (κ3) is 1.68. The summed E-state index contributed by atoms with van der Waals surface area (Å²) < 4.78 is 0. The minimum Gasteiger partial charge on any atom is -0.258 e. The van der Waals surface area contributed by atoms with E-state index in [1.807, 2.05) is 6.07 Å². The van der Waals surface area contributed by atoms with Crippen molar-refractivity contribution in [2.24, 2.45) is 5.92 Å². The van der Waals surface area contributed by atoms with Crippen molar-refractivity contribution in [1.29, 1.82) is 5.26 Å². The first-order valence-electron chi connectivity index (χ1n) is 4.86. The van der Waals surface area contributed by atoms with Gasteiger partial charge in [-0.2, -0.15) is 5.26 Å². The third-order valence-corrected chi connectivity index (χ3v) is 2.95. The standard InChI is InChI=1S/C11H10N2O2/c12-7-9-4-5-11(9)8-2-1-3-10(6-8)13(14)15/h1-3,6,9,11H,4-5H2/t9-,11+/m0/s1. The van der Waals surface area contributed by atoms with Crippen molar-refractivity contribution in [3.63, 3.8) is 0 Å². The second-order valence-electron chi connectivity index (χ2n) is 3.77. The van der Waals surface area contributed by atoms with Gasteiger partial charge in [0, 0.05) is 12.1 Å². The first-order chi connectivity index (χ1) is 7.22. The summed E-state index contributed by atoms with van der Waals surface area (Å²) in [6.07, 6.45) is 1.86. The molecule has 0 aromatic heterocycles. The van der Waals surface area contributed by atoms with Gasteiger partial charge in [-0.3, -0.25) is 10.1 Å². The Kier molecular flexibility index (Phi) is 2.38. The number of nitriles is 1. The summed E-state index contributed by atoms with van der Waals surface area (Å²) in [5, 5.41) is 19.4. The first-order valence-corrected chi connectivity index (χ1v) is 4.86. The molecule has 1 fully saturated rings. The van der Waals surface area contributed by atoms with Gasteiger partial charge in [0.15, 0.2) is 0 Å². The highest BCUT2D eigenvalue weighted by molar-refractivity contribution is 5.37. The average Bonchev–Trinajstić information content (AvgIpc) is 2.17. The second kappa shape index (κ2) is 3.70. The highest BCUT2D eigenvalue weighted by Crippen LogP contribution is 2.42. The molecule has 0 bridgehead atoms. The summed E-state index contributed by atoms with van der Waals surface area (Å²) in [5.41, 5.74) is 1.03. The second-order valence-corrected chi connectivity index (χ2v) is 3.77. The van der Waals surface area contributed by atoms with Gasteiger partial charge < -0.3 is 0 Å². The van der Waals surface area contributed by atoms with Crippen LogP contribution in [-0.2, 0) is 0 Å². The average molecular weight is 202 g/mol. The van der Waals surface area contributed by atoms with Crippen LogP contribution in [0.25, 0.3) is 0 Å². The molecule has 4 heteroatoms. The molecule has 4 nitrogen and oxygen atoms in total. The van der Waals surface area contributed by atoms with Crippen LogP contribution in [0.3, 0.4) is 0 Å².